The summed E-state index contributed by atoms with van der Waals surface area (Å²) in [6.45, 7) is 3.02. The Hall–Kier alpha value is -2.76. The lowest BCUT2D eigenvalue weighted by Crippen LogP contribution is -2.56. The number of para-hydroxylation sites is 1. The Kier molecular flexibility index (Phi) is 4.64. The van der Waals surface area contributed by atoms with Gasteiger partial charge in [0, 0.05) is 23.4 Å². The molecule has 1 aromatic heterocycles. The minimum absolute atomic E-state index is 0.00377. The van der Waals surface area contributed by atoms with E-state index in [4.69, 9.17) is 9.47 Å². The highest BCUT2D eigenvalue weighted by molar-refractivity contribution is 5.80. The van der Waals surface area contributed by atoms with Crippen molar-refractivity contribution in [3.05, 3.63) is 58.0 Å². The third kappa shape index (κ3) is 3.70. The number of aromatic nitrogens is 1. The van der Waals surface area contributed by atoms with E-state index in [-0.39, 0.29) is 17.6 Å². The molecule has 1 aliphatic heterocycles. The van der Waals surface area contributed by atoms with Gasteiger partial charge in [-0.1, -0.05) is 18.2 Å². The number of likely N-dealkylation sites (tertiary alicyclic amines) is 1. The van der Waals surface area contributed by atoms with Gasteiger partial charge in [-0.3, -0.25) is 9.59 Å². The van der Waals surface area contributed by atoms with Crippen LogP contribution < -0.4 is 15.0 Å². The number of pyridine rings is 1. The van der Waals surface area contributed by atoms with Gasteiger partial charge in [-0.25, -0.2) is 0 Å². The first-order valence-electron chi connectivity index (χ1n) is 9.34. The molecule has 0 unspecified atom stereocenters. The van der Waals surface area contributed by atoms with Crippen molar-refractivity contribution in [3.8, 4) is 11.5 Å². The fourth-order valence-corrected chi connectivity index (χ4v) is 3.58. The van der Waals surface area contributed by atoms with Crippen molar-refractivity contribution in [1.29, 1.82) is 0 Å². The highest BCUT2D eigenvalue weighted by atomic mass is 16.5. The summed E-state index contributed by atoms with van der Waals surface area (Å²) in [7, 11) is 1.61. The van der Waals surface area contributed by atoms with Gasteiger partial charge in [0.05, 0.1) is 26.6 Å². The average Bonchev–Trinajstić information content (AvgIpc) is 3.42. The number of carbonyl (C=O) groups is 1. The zero-order chi connectivity index (χ0) is 19.0. The Morgan fingerprint density at radius 1 is 1.19 bits per heavy atom. The third-order valence-corrected chi connectivity index (χ3v) is 5.18. The van der Waals surface area contributed by atoms with Gasteiger partial charge in [0.1, 0.15) is 17.6 Å². The number of amides is 1. The number of methoxy groups -OCH3 is 1. The summed E-state index contributed by atoms with van der Waals surface area (Å²) in [5.74, 6) is 1.38. The first kappa shape index (κ1) is 17.6. The quantitative estimate of drug-likeness (QED) is 0.785. The molecule has 1 saturated heterocycles. The largest absolute Gasteiger partial charge is 0.496 e. The minimum atomic E-state index is -0.0674. The van der Waals surface area contributed by atoms with Crippen LogP contribution in [0.4, 0.5) is 0 Å². The van der Waals surface area contributed by atoms with Crippen LogP contribution in [0, 0.1) is 6.92 Å². The molecule has 2 aromatic rings. The molecule has 0 radical (unpaired) electrons. The van der Waals surface area contributed by atoms with Crippen LogP contribution in [0.15, 0.2) is 41.2 Å². The lowest BCUT2D eigenvalue weighted by atomic mass is 10.1. The molecular weight excluding hydrogens is 344 g/mol. The minimum Gasteiger partial charge on any atom is -0.496 e. The van der Waals surface area contributed by atoms with Gasteiger partial charge in [0.25, 0.3) is 5.56 Å². The molecule has 2 fully saturated rings. The predicted octanol–water partition coefficient (Wildman–Crippen LogP) is 2.33. The summed E-state index contributed by atoms with van der Waals surface area (Å²) in [6.07, 6.45) is 2.40. The van der Waals surface area contributed by atoms with Crippen LogP contribution >= 0.6 is 0 Å². The summed E-state index contributed by atoms with van der Waals surface area (Å²) in [5, 5.41) is 0. The zero-order valence-corrected chi connectivity index (χ0v) is 15.7. The van der Waals surface area contributed by atoms with Gasteiger partial charge in [0.2, 0.25) is 5.91 Å². The summed E-state index contributed by atoms with van der Waals surface area (Å²) in [4.78, 5) is 26.5. The van der Waals surface area contributed by atoms with Crippen molar-refractivity contribution in [2.75, 3.05) is 20.2 Å². The van der Waals surface area contributed by atoms with E-state index in [9.17, 15) is 9.59 Å². The summed E-state index contributed by atoms with van der Waals surface area (Å²) >= 11 is 0. The molecule has 1 amide bonds. The van der Waals surface area contributed by atoms with E-state index in [2.05, 4.69) is 0 Å². The Morgan fingerprint density at radius 3 is 2.59 bits per heavy atom. The van der Waals surface area contributed by atoms with E-state index < -0.39 is 0 Å². The molecule has 142 valence electrons. The molecule has 2 heterocycles. The molecule has 0 spiro atoms. The van der Waals surface area contributed by atoms with Crippen molar-refractivity contribution in [1.82, 2.24) is 9.47 Å². The van der Waals surface area contributed by atoms with E-state index in [0.717, 1.165) is 29.8 Å². The molecule has 6 heteroatoms. The van der Waals surface area contributed by atoms with Crippen molar-refractivity contribution in [2.45, 2.75) is 38.3 Å². The number of hydrogen-bond acceptors (Lipinski definition) is 4. The maximum absolute atomic E-state index is 12.5. The highest BCUT2D eigenvalue weighted by Crippen LogP contribution is 2.35. The van der Waals surface area contributed by atoms with E-state index in [0.29, 0.717) is 31.3 Å². The predicted molar refractivity (Wildman–Crippen MR) is 101 cm³/mol. The molecule has 2 aliphatic rings. The van der Waals surface area contributed by atoms with Gasteiger partial charge in [-0.05, 0) is 31.9 Å². The van der Waals surface area contributed by atoms with Crippen LogP contribution in [0.3, 0.4) is 0 Å². The van der Waals surface area contributed by atoms with Crippen molar-refractivity contribution < 1.29 is 14.3 Å². The molecule has 0 atom stereocenters. The van der Waals surface area contributed by atoms with Crippen LogP contribution in [0.5, 0.6) is 11.5 Å². The number of hydrogen-bond donors (Lipinski definition) is 0. The second kappa shape index (κ2) is 7.10. The number of ether oxygens (including phenoxy) is 2. The second-order valence-corrected chi connectivity index (χ2v) is 7.30. The Morgan fingerprint density at radius 2 is 1.93 bits per heavy atom. The molecule has 1 aromatic carbocycles. The third-order valence-electron chi connectivity index (χ3n) is 5.18. The second-order valence-electron chi connectivity index (χ2n) is 7.30. The van der Waals surface area contributed by atoms with Crippen LogP contribution in [0.25, 0.3) is 0 Å². The first-order valence-corrected chi connectivity index (χ1v) is 9.34. The Bertz CT molecular complexity index is 911. The first-order chi connectivity index (χ1) is 13.0. The average molecular weight is 368 g/mol. The summed E-state index contributed by atoms with van der Waals surface area (Å²) in [6, 6.07) is 11.4. The molecule has 27 heavy (non-hydrogen) atoms. The van der Waals surface area contributed by atoms with Crippen molar-refractivity contribution >= 4 is 5.91 Å². The number of rotatable bonds is 6. The summed E-state index contributed by atoms with van der Waals surface area (Å²) in [5.41, 5.74) is 1.81. The standard InChI is InChI=1S/C21H24N2O4/c1-14-9-17(11-21(25)23(14)16-7-8-16)27-18-12-22(13-18)20(24)10-15-5-3-4-6-19(15)26-2/h3-6,9,11,16,18H,7-8,10,12-13H2,1-2H3. The maximum Gasteiger partial charge on any atom is 0.254 e. The van der Waals surface area contributed by atoms with Gasteiger partial charge in [-0.2, -0.15) is 0 Å². The van der Waals surface area contributed by atoms with Crippen LogP contribution in [-0.4, -0.2) is 41.7 Å². The van der Waals surface area contributed by atoms with E-state index in [1.807, 2.05) is 41.8 Å². The monoisotopic (exact) mass is 368 g/mol. The van der Waals surface area contributed by atoms with Gasteiger partial charge in [-0.15, -0.1) is 0 Å². The number of carbonyl (C=O) groups excluding carboxylic acids is 1. The van der Waals surface area contributed by atoms with Crippen molar-refractivity contribution in [3.63, 3.8) is 0 Å². The molecule has 1 saturated carbocycles. The molecule has 1 aliphatic carbocycles. The molecule has 4 rings (SSSR count). The van der Waals surface area contributed by atoms with E-state index >= 15 is 0 Å². The normalized spacial score (nSPS) is 16.7. The smallest absolute Gasteiger partial charge is 0.254 e. The summed E-state index contributed by atoms with van der Waals surface area (Å²) < 4.78 is 13.1. The van der Waals surface area contributed by atoms with E-state index in [1.54, 1.807) is 18.1 Å². The SMILES string of the molecule is COc1ccccc1CC(=O)N1CC(Oc2cc(C)n(C3CC3)c(=O)c2)C1. The van der Waals surface area contributed by atoms with Crippen LogP contribution in [0.2, 0.25) is 0 Å². The van der Waals surface area contributed by atoms with Gasteiger partial charge >= 0.3 is 0 Å². The van der Waals surface area contributed by atoms with Crippen LogP contribution in [-0.2, 0) is 11.2 Å². The number of benzene rings is 1. The molecular formula is C21H24N2O4. The number of aryl methyl sites for hydroxylation is 1. The molecule has 6 nitrogen and oxygen atoms in total. The fourth-order valence-electron chi connectivity index (χ4n) is 3.58. The Balaban J connectivity index is 1.33. The topological polar surface area (TPSA) is 60.8 Å². The maximum atomic E-state index is 12.5. The lowest BCUT2D eigenvalue weighted by molar-refractivity contribution is -0.139. The van der Waals surface area contributed by atoms with Crippen LogP contribution in [0.1, 0.15) is 30.1 Å². The van der Waals surface area contributed by atoms with Crippen molar-refractivity contribution in [2.24, 2.45) is 0 Å². The van der Waals surface area contributed by atoms with Gasteiger partial charge in [0.15, 0.2) is 0 Å². The zero-order valence-electron chi connectivity index (χ0n) is 15.7. The fraction of sp³-hybridized carbons (Fsp3) is 0.429. The van der Waals surface area contributed by atoms with E-state index in [1.165, 1.54) is 0 Å². The molecule has 0 bridgehead atoms. The number of nitrogens with zero attached hydrogens (tertiary/aromatic N) is 2. The lowest BCUT2D eigenvalue weighted by Gasteiger charge is -2.39. The molecule has 0 N–H and O–H groups in total. The Labute approximate surface area is 158 Å². The van der Waals surface area contributed by atoms with Gasteiger partial charge < -0.3 is 18.9 Å². The highest BCUT2D eigenvalue weighted by Gasteiger charge is 2.33.